The smallest absolute Gasteiger partial charge is 0.113 e. The van der Waals surface area contributed by atoms with Crippen LogP contribution >= 0.6 is 0 Å². The van der Waals surface area contributed by atoms with Gasteiger partial charge in [0.15, 0.2) is 0 Å². The van der Waals surface area contributed by atoms with Crippen molar-refractivity contribution in [2.24, 2.45) is 0 Å². The highest BCUT2D eigenvalue weighted by Gasteiger charge is 2.07. The Morgan fingerprint density at radius 3 is 2.75 bits per heavy atom. The highest BCUT2D eigenvalue weighted by atomic mass is 15.4. The minimum Gasteiger partial charge on any atom is -0.306 e. The van der Waals surface area contributed by atoms with E-state index in [4.69, 9.17) is 0 Å². The first-order valence-electron chi connectivity index (χ1n) is 8.55. The fourth-order valence-electron chi connectivity index (χ4n) is 3.15. The van der Waals surface area contributed by atoms with E-state index in [0.29, 0.717) is 0 Å². The van der Waals surface area contributed by atoms with Crippen molar-refractivity contribution in [2.45, 2.75) is 38.6 Å². The summed E-state index contributed by atoms with van der Waals surface area (Å²) >= 11 is 0. The van der Waals surface area contributed by atoms with Crippen molar-refractivity contribution in [1.82, 2.24) is 24.5 Å². The first-order chi connectivity index (χ1) is 11.9. The zero-order valence-electron chi connectivity index (χ0n) is 13.7. The van der Waals surface area contributed by atoms with Crippen LogP contribution in [0.25, 0.3) is 16.9 Å². The quantitative estimate of drug-likeness (QED) is 0.667. The van der Waals surface area contributed by atoms with Crippen molar-refractivity contribution in [3.8, 4) is 16.9 Å². The van der Waals surface area contributed by atoms with Crippen molar-refractivity contribution < 1.29 is 0 Å². The van der Waals surface area contributed by atoms with Crippen LogP contribution < -0.4 is 0 Å². The van der Waals surface area contributed by atoms with Crippen LogP contribution in [-0.2, 0) is 6.54 Å². The molecule has 3 aromatic rings. The van der Waals surface area contributed by atoms with Gasteiger partial charge in [-0.15, -0.1) is 5.10 Å². The van der Waals surface area contributed by atoms with E-state index in [9.17, 15) is 0 Å². The second kappa shape index (κ2) is 6.83. The van der Waals surface area contributed by atoms with Crippen molar-refractivity contribution in [3.63, 3.8) is 0 Å². The lowest BCUT2D eigenvalue weighted by molar-refractivity contribution is 0.565. The van der Waals surface area contributed by atoms with Crippen LogP contribution in [0.4, 0.5) is 0 Å². The van der Waals surface area contributed by atoms with Gasteiger partial charge >= 0.3 is 0 Å². The van der Waals surface area contributed by atoms with Gasteiger partial charge < -0.3 is 4.57 Å². The lowest BCUT2D eigenvalue weighted by Gasteiger charge is -2.11. The monoisotopic (exact) mass is 319 g/mol. The van der Waals surface area contributed by atoms with E-state index in [2.05, 4.69) is 45.6 Å². The third-order valence-electron chi connectivity index (χ3n) is 4.55. The Bertz CT molecular complexity index is 812. The molecule has 5 heteroatoms. The molecule has 0 unspecified atom stereocenters. The van der Waals surface area contributed by atoms with E-state index in [1.54, 1.807) is 18.1 Å². The van der Waals surface area contributed by atoms with Crippen LogP contribution in [0.2, 0.25) is 0 Å². The summed E-state index contributed by atoms with van der Waals surface area (Å²) in [6.45, 7) is 0.909. The second-order valence-electron chi connectivity index (χ2n) is 6.24. The van der Waals surface area contributed by atoms with E-state index in [0.717, 1.165) is 29.9 Å². The number of aryl methyl sites for hydroxylation is 1. The summed E-state index contributed by atoms with van der Waals surface area (Å²) in [5.41, 5.74) is 4.67. The van der Waals surface area contributed by atoms with E-state index < -0.39 is 0 Å². The lowest BCUT2D eigenvalue weighted by atomic mass is 9.97. The van der Waals surface area contributed by atoms with Gasteiger partial charge in [-0.3, -0.25) is 4.68 Å². The Kier molecular flexibility index (Phi) is 4.23. The Morgan fingerprint density at radius 2 is 2.00 bits per heavy atom. The third-order valence-corrected chi connectivity index (χ3v) is 4.55. The third kappa shape index (κ3) is 3.30. The number of allylic oxidation sites excluding steroid dienone is 2. The molecule has 2 heterocycles. The molecule has 1 aromatic carbocycles. The Hall–Kier alpha value is -2.69. The summed E-state index contributed by atoms with van der Waals surface area (Å²) in [6, 6.07) is 8.30. The number of imidazole rings is 1. The zero-order chi connectivity index (χ0) is 16.2. The maximum absolute atomic E-state index is 4.32. The molecule has 0 aliphatic heterocycles. The SMILES string of the molecule is C1=C(CCn2cc(-c3ccc(-n4ccnc4)cc3)nn2)CCCC1. The highest BCUT2D eigenvalue weighted by Crippen LogP contribution is 2.22. The Balaban J connectivity index is 1.43. The van der Waals surface area contributed by atoms with Gasteiger partial charge in [0.1, 0.15) is 5.69 Å². The van der Waals surface area contributed by atoms with Gasteiger partial charge in [0, 0.05) is 30.2 Å². The fraction of sp³-hybridized carbons (Fsp3) is 0.316. The minimum absolute atomic E-state index is 0.909. The lowest BCUT2D eigenvalue weighted by Crippen LogP contribution is -2.02. The molecule has 24 heavy (non-hydrogen) atoms. The normalized spacial score (nSPS) is 14.6. The molecule has 1 aliphatic rings. The molecule has 0 saturated carbocycles. The number of hydrogen-bond acceptors (Lipinski definition) is 3. The minimum atomic E-state index is 0.909. The summed E-state index contributed by atoms with van der Waals surface area (Å²) in [4.78, 5) is 4.07. The summed E-state index contributed by atoms with van der Waals surface area (Å²) < 4.78 is 3.94. The largest absolute Gasteiger partial charge is 0.306 e. The van der Waals surface area contributed by atoms with E-state index in [-0.39, 0.29) is 0 Å². The molecular weight excluding hydrogens is 298 g/mol. The van der Waals surface area contributed by atoms with Crippen LogP contribution in [-0.4, -0.2) is 24.5 Å². The average Bonchev–Trinajstić information content (AvgIpc) is 3.33. The molecule has 0 spiro atoms. The molecule has 4 rings (SSSR count). The van der Waals surface area contributed by atoms with Crippen LogP contribution in [0.1, 0.15) is 32.1 Å². The summed E-state index contributed by atoms with van der Waals surface area (Å²) in [6.07, 6.45) is 16.2. The summed E-state index contributed by atoms with van der Waals surface area (Å²) in [5, 5.41) is 8.59. The van der Waals surface area contributed by atoms with Crippen LogP contribution in [0.5, 0.6) is 0 Å². The molecule has 1 aliphatic carbocycles. The van der Waals surface area contributed by atoms with E-state index in [1.807, 2.05) is 21.6 Å². The van der Waals surface area contributed by atoms with Crippen LogP contribution in [0.15, 0.2) is 60.8 Å². The second-order valence-corrected chi connectivity index (χ2v) is 6.24. The molecule has 0 atom stereocenters. The molecule has 0 saturated heterocycles. The molecule has 2 aromatic heterocycles. The molecular formula is C19H21N5. The van der Waals surface area contributed by atoms with Gasteiger partial charge in [0.05, 0.1) is 12.5 Å². The predicted octanol–water partition coefficient (Wildman–Crippen LogP) is 4.02. The van der Waals surface area contributed by atoms with Gasteiger partial charge in [0.25, 0.3) is 0 Å². The van der Waals surface area contributed by atoms with Crippen molar-refractivity contribution in [2.75, 3.05) is 0 Å². The van der Waals surface area contributed by atoms with Crippen LogP contribution in [0, 0.1) is 0 Å². The molecule has 0 N–H and O–H groups in total. The van der Waals surface area contributed by atoms with Crippen molar-refractivity contribution in [1.29, 1.82) is 0 Å². The Labute approximate surface area is 141 Å². The standard InChI is InChI=1S/C19H21N5/c1-2-4-16(5-3-1)10-12-24-14-19(21-22-24)17-6-8-18(9-7-17)23-13-11-20-15-23/h4,6-9,11,13-15H,1-3,5,10,12H2. The van der Waals surface area contributed by atoms with Gasteiger partial charge in [0.2, 0.25) is 0 Å². The molecule has 122 valence electrons. The zero-order valence-corrected chi connectivity index (χ0v) is 13.7. The van der Waals surface area contributed by atoms with Gasteiger partial charge in [-0.25, -0.2) is 4.98 Å². The first kappa shape index (κ1) is 14.9. The van der Waals surface area contributed by atoms with Gasteiger partial charge in [-0.05, 0) is 44.2 Å². The molecule has 0 bridgehead atoms. The summed E-state index contributed by atoms with van der Waals surface area (Å²) in [5.74, 6) is 0. The van der Waals surface area contributed by atoms with Gasteiger partial charge in [-0.2, -0.15) is 0 Å². The maximum Gasteiger partial charge on any atom is 0.113 e. The Morgan fingerprint density at radius 1 is 1.08 bits per heavy atom. The number of aromatic nitrogens is 5. The van der Waals surface area contributed by atoms with E-state index >= 15 is 0 Å². The van der Waals surface area contributed by atoms with Crippen molar-refractivity contribution in [3.05, 3.63) is 60.8 Å². The number of benzene rings is 1. The molecule has 0 radical (unpaired) electrons. The van der Waals surface area contributed by atoms with E-state index in [1.165, 1.54) is 25.7 Å². The first-order valence-corrected chi connectivity index (χ1v) is 8.55. The highest BCUT2D eigenvalue weighted by molar-refractivity contribution is 5.59. The van der Waals surface area contributed by atoms with Gasteiger partial charge in [-0.1, -0.05) is 29.0 Å². The summed E-state index contributed by atoms with van der Waals surface area (Å²) in [7, 11) is 0. The topological polar surface area (TPSA) is 48.5 Å². The molecule has 0 amide bonds. The number of nitrogens with zero attached hydrogens (tertiary/aromatic N) is 5. The number of rotatable bonds is 5. The molecule has 0 fully saturated rings. The van der Waals surface area contributed by atoms with Crippen molar-refractivity contribution >= 4 is 0 Å². The fourth-order valence-corrected chi connectivity index (χ4v) is 3.15. The van der Waals surface area contributed by atoms with Crippen LogP contribution in [0.3, 0.4) is 0 Å². The number of hydrogen-bond donors (Lipinski definition) is 0. The molecule has 5 nitrogen and oxygen atoms in total. The predicted molar refractivity (Wildman–Crippen MR) is 93.7 cm³/mol. The maximum atomic E-state index is 4.32. The average molecular weight is 319 g/mol.